The van der Waals surface area contributed by atoms with E-state index in [-0.39, 0.29) is 29.4 Å². The van der Waals surface area contributed by atoms with Crippen LogP contribution in [0.5, 0.6) is 0 Å². The zero-order chi connectivity index (χ0) is 25.1. The number of rotatable bonds is 5. The number of urea groups is 1. The first kappa shape index (κ1) is 25.1. The number of hydrogen-bond donors (Lipinski definition) is 1. The predicted molar refractivity (Wildman–Crippen MR) is 107 cm³/mol. The lowest BCUT2D eigenvalue weighted by Gasteiger charge is -2.29. The van der Waals surface area contributed by atoms with E-state index < -0.39 is 36.7 Å². The topological polar surface area (TPSA) is 78.9 Å². The maximum absolute atomic E-state index is 13.3. The quantitative estimate of drug-likeness (QED) is 0.485. The Morgan fingerprint density at radius 2 is 1.94 bits per heavy atom. The molecule has 1 saturated heterocycles. The average molecular weight is 490 g/mol. The van der Waals surface area contributed by atoms with E-state index in [1.165, 1.54) is 7.05 Å². The molecule has 8 nitrogen and oxygen atoms in total. The van der Waals surface area contributed by atoms with Crippen LogP contribution in [0.4, 0.5) is 42.5 Å². The van der Waals surface area contributed by atoms with Crippen LogP contribution in [0.25, 0.3) is 4.85 Å². The van der Waals surface area contributed by atoms with Gasteiger partial charge in [0.1, 0.15) is 6.54 Å². The molecule has 1 aromatic heterocycles. The molecule has 1 fully saturated rings. The number of amides is 2. The Morgan fingerprint density at radius 1 is 1.26 bits per heavy atom. The van der Waals surface area contributed by atoms with E-state index in [1.54, 1.807) is 4.90 Å². The molecular formula is C20H20F6N6O2. The van der Waals surface area contributed by atoms with Crippen molar-refractivity contribution >= 4 is 17.4 Å². The summed E-state index contributed by atoms with van der Waals surface area (Å²) in [7, 11) is 1.51. The van der Waals surface area contributed by atoms with E-state index >= 15 is 0 Å². The van der Waals surface area contributed by atoms with Gasteiger partial charge in [-0.1, -0.05) is 11.2 Å². The highest BCUT2D eigenvalue weighted by atomic mass is 19.4. The Balaban J connectivity index is 1.80. The van der Waals surface area contributed by atoms with Crippen LogP contribution < -0.4 is 10.2 Å². The van der Waals surface area contributed by atoms with Gasteiger partial charge in [-0.05, 0) is 25.0 Å². The molecule has 0 atom stereocenters. The second-order valence-corrected chi connectivity index (χ2v) is 7.65. The number of hydrogen-bond acceptors (Lipinski definition) is 5. The van der Waals surface area contributed by atoms with Crippen molar-refractivity contribution in [3.05, 3.63) is 46.9 Å². The summed E-state index contributed by atoms with van der Waals surface area (Å²) in [6.45, 7) is 5.62. The fourth-order valence-electron chi connectivity index (χ4n) is 3.66. The van der Waals surface area contributed by atoms with E-state index in [0.29, 0.717) is 36.9 Å². The lowest BCUT2D eigenvalue weighted by molar-refractivity contribution is -0.136. The van der Waals surface area contributed by atoms with Gasteiger partial charge in [0.05, 0.1) is 18.7 Å². The number of alkyl halides is 6. The van der Waals surface area contributed by atoms with Crippen LogP contribution in [0.2, 0.25) is 0 Å². The predicted octanol–water partition coefficient (Wildman–Crippen LogP) is 4.73. The molecule has 3 rings (SSSR count). The number of nitrogens with zero attached hydrogens (tertiary/aromatic N) is 5. The normalized spacial score (nSPS) is 15.2. The molecule has 0 radical (unpaired) electrons. The first-order chi connectivity index (χ1) is 15.9. The summed E-state index contributed by atoms with van der Waals surface area (Å²) in [4.78, 5) is 20.9. The minimum atomic E-state index is -4.91. The monoisotopic (exact) mass is 490 g/mol. The van der Waals surface area contributed by atoms with Gasteiger partial charge in [-0.2, -0.15) is 31.3 Å². The molecule has 2 aromatic rings. The molecule has 1 N–H and O–H groups in total. The van der Waals surface area contributed by atoms with Gasteiger partial charge in [0.25, 0.3) is 0 Å². The van der Waals surface area contributed by atoms with E-state index in [1.807, 2.05) is 0 Å². The molecule has 0 aliphatic carbocycles. The first-order valence-corrected chi connectivity index (χ1v) is 10.1. The second kappa shape index (κ2) is 9.78. The molecule has 1 aliphatic heterocycles. The lowest BCUT2D eigenvalue weighted by Crippen LogP contribution is -2.42. The van der Waals surface area contributed by atoms with Crippen LogP contribution in [-0.2, 0) is 12.7 Å². The second-order valence-electron chi connectivity index (χ2n) is 7.65. The van der Waals surface area contributed by atoms with Crippen LogP contribution in [0.15, 0.2) is 22.7 Å². The zero-order valence-electron chi connectivity index (χ0n) is 17.9. The number of carbonyl (C=O) groups is 1. The van der Waals surface area contributed by atoms with Gasteiger partial charge in [-0.15, -0.1) is 0 Å². The molecule has 1 aromatic carbocycles. The zero-order valence-corrected chi connectivity index (χ0v) is 17.9. The van der Waals surface area contributed by atoms with Crippen molar-refractivity contribution in [2.75, 3.05) is 31.6 Å². The summed E-state index contributed by atoms with van der Waals surface area (Å²) < 4.78 is 84.7. The van der Waals surface area contributed by atoms with Crippen LogP contribution in [0.3, 0.4) is 0 Å². The minimum absolute atomic E-state index is 0.129. The molecule has 2 heterocycles. The summed E-state index contributed by atoms with van der Waals surface area (Å²) in [5.74, 6) is -0.137. The highest BCUT2D eigenvalue weighted by molar-refractivity contribution is 5.73. The average Bonchev–Trinajstić information content (AvgIpc) is 3.24. The van der Waals surface area contributed by atoms with Gasteiger partial charge in [-0.3, -0.25) is 0 Å². The van der Waals surface area contributed by atoms with Crippen molar-refractivity contribution in [1.29, 1.82) is 0 Å². The Bertz CT molecular complexity index is 1050. The third kappa shape index (κ3) is 6.09. The Kier molecular flexibility index (Phi) is 7.23. The fraction of sp³-hybridized carbons (Fsp3) is 0.500. The number of likely N-dealkylation sites (tertiary alicyclic amines) is 1. The van der Waals surface area contributed by atoms with Crippen LogP contribution in [0, 0.1) is 6.57 Å². The summed E-state index contributed by atoms with van der Waals surface area (Å²) in [5, 5.41) is 6.22. The molecule has 1 aliphatic rings. The largest absolute Gasteiger partial charge is 0.407 e. The molecule has 0 saturated carbocycles. The summed E-state index contributed by atoms with van der Waals surface area (Å²) >= 11 is 0. The number of piperidine rings is 1. The molecule has 14 heteroatoms. The molecule has 0 spiro atoms. The van der Waals surface area contributed by atoms with Crippen molar-refractivity contribution in [2.24, 2.45) is 0 Å². The van der Waals surface area contributed by atoms with E-state index in [0.717, 1.165) is 12.1 Å². The van der Waals surface area contributed by atoms with Gasteiger partial charge in [0.15, 0.2) is 11.5 Å². The van der Waals surface area contributed by atoms with Gasteiger partial charge in [0.2, 0.25) is 5.89 Å². The van der Waals surface area contributed by atoms with Crippen molar-refractivity contribution in [3.8, 4) is 0 Å². The first-order valence-electron chi connectivity index (χ1n) is 10.1. The van der Waals surface area contributed by atoms with Crippen LogP contribution in [-0.4, -0.2) is 53.9 Å². The van der Waals surface area contributed by atoms with Crippen LogP contribution in [0.1, 0.15) is 36.0 Å². The third-order valence-electron chi connectivity index (χ3n) is 5.30. The number of carbonyl (C=O) groups excluding carboxylic acids is 1. The van der Waals surface area contributed by atoms with Gasteiger partial charge in [0, 0.05) is 31.7 Å². The number of anilines is 1. The van der Waals surface area contributed by atoms with Crippen molar-refractivity contribution in [2.45, 2.75) is 37.7 Å². The van der Waals surface area contributed by atoms with Gasteiger partial charge < -0.3 is 19.6 Å². The van der Waals surface area contributed by atoms with Crippen molar-refractivity contribution in [3.63, 3.8) is 0 Å². The maximum atomic E-state index is 13.3. The fourth-order valence-corrected chi connectivity index (χ4v) is 3.66. The number of aromatic nitrogens is 2. The van der Waals surface area contributed by atoms with E-state index in [2.05, 4.69) is 20.3 Å². The van der Waals surface area contributed by atoms with Crippen molar-refractivity contribution < 1.29 is 35.7 Å². The maximum Gasteiger partial charge on any atom is 0.407 e. The van der Waals surface area contributed by atoms with Crippen LogP contribution >= 0.6 is 0 Å². The molecule has 34 heavy (non-hydrogen) atoms. The molecular weight excluding hydrogens is 470 g/mol. The summed E-state index contributed by atoms with van der Waals surface area (Å²) in [6, 6.07) is 2.13. The van der Waals surface area contributed by atoms with E-state index in [9.17, 15) is 31.1 Å². The SMILES string of the molecule is [C-]#[N+]c1ccc(N(Cc2noc(C3CCN(C(=O)NC)CC3)n2)CC(F)(F)F)cc1C(F)(F)F. The summed E-state index contributed by atoms with van der Waals surface area (Å²) in [5.41, 5.74) is -2.43. The standard InChI is InChI=1S/C20H20F6N6O2/c1-27-15-4-3-13(9-14(15)20(24,25)26)32(11-19(21,22)23)10-16-29-17(34-30-16)12-5-7-31(8-6-12)18(33)28-2/h3-4,9,12H,5-8,10-11H2,2H3,(H,28,33). The molecule has 0 unspecified atom stereocenters. The molecule has 0 bridgehead atoms. The van der Waals surface area contributed by atoms with Gasteiger partial charge in [-0.25, -0.2) is 9.64 Å². The number of nitrogens with one attached hydrogen (secondary N) is 1. The number of benzene rings is 1. The third-order valence-corrected chi connectivity index (χ3v) is 5.30. The van der Waals surface area contributed by atoms with E-state index in [4.69, 9.17) is 11.1 Å². The highest BCUT2D eigenvalue weighted by Crippen LogP contribution is 2.39. The highest BCUT2D eigenvalue weighted by Gasteiger charge is 2.36. The Hall–Kier alpha value is -3.50. The molecule has 2 amide bonds. The van der Waals surface area contributed by atoms with Crippen molar-refractivity contribution in [1.82, 2.24) is 20.4 Å². The van der Waals surface area contributed by atoms with Gasteiger partial charge >= 0.3 is 18.4 Å². The molecule has 184 valence electrons. The summed E-state index contributed by atoms with van der Waals surface area (Å²) in [6.07, 6.45) is -8.62. The smallest absolute Gasteiger partial charge is 0.355 e. The lowest BCUT2D eigenvalue weighted by atomic mass is 9.97. The Morgan fingerprint density at radius 3 is 2.50 bits per heavy atom. The Labute approximate surface area is 190 Å². The minimum Gasteiger partial charge on any atom is -0.355 e. The number of halogens is 6.